The number of ether oxygens (including phenoxy) is 2. The largest absolute Gasteiger partial charge is 0.497 e. The van der Waals surface area contributed by atoms with Crippen molar-refractivity contribution in [2.24, 2.45) is 0 Å². The number of nitrogens with two attached hydrogens (primary N) is 1. The van der Waals surface area contributed by atoms with E-state index in [0.717, 1.165) is 47.9 Å². The van der Waals surface area contributed by atoms with Crippen LogP contribution in [0.15, 0.2) is 54.7 Å². The van der Waals surface area contributed by atoms with Gasteiger partial charge in [0.2, 0.25) is 0 Å². The molecule has 1 aromatic heterocycles. The molecule has 0 spiro atoms. The van der Waals surface area contributed by atoms with Crippen LogP contribution < -0.4 is 15.2 Å². The van der Waals surface area contributed by atoms with Crippen LogP contribution in [0.5, 0.6) is 11.5 Å². The minimum absolute atomic E-state index is 0.490. The number of methoxy groups -OCH3 is 1. The van der Waals surface area contributed by atoms with Gasteiger partial charge in [0, 0.05) is 18.3 Å². The Morgan fingerprint density at radius 3 is 2.21 bits per heavy atom. The van der Waals surface area contributed by atoms with Crippen LogP contribution in [-0.4, -0.2) is 48.0 Å². The van der Waals surface area contributed by atoms with Gasteiger partial charge in [-0.15, -0.1) is 0 Å². The highest BCUT2D eigenvalue weighted by molar-refractivity contribution is 5.74. The van der Waals surface area contributed by atoms with E-state index < -0.39 is 0 Å². The Kier molecular flexibility index (Phi) is 6.55. The van der Waals surface area contributed by atoms with Crippen LogP contribution >= 0.6 is 0 Å². The standard InChI is InChI=1S/C22H28N4O2/c1-4-25(5-2)14-15-28-20-12-8-18(9-13-20)26-16-21(22(23)24-26)17-6-10-19(27-3)11-7-17/h6-13,16H,4-5,14-15H2,1-3H3,(H2,23,24). The van der Waals surface area contributed by atoms with Gasteiger partial charge in [0.15, 0.2) is 5.82 Å². The molecule has 0 aliphatic rings. The van der Waals surface area contributed by atoms with Crippen LogP contribution in [-0.2, 0) is 0 Å². The summed E-state index contributed by atoms with van der Waals surface area (Å²) in [5, 5.41) is 4.45. The molecule has 28 heavy (non-hydrogen) atoms. The molecule has 6 nitrogen and oxygen atoms in total. The average Bonchev–Trinajstić information content (AvgIpc) is 3.13. The Labute approximate surface area is 166 Å². The van der Waals surface area contributed by atoms with Gasteiger partial charge >= 0.3 is 0 Å². The summed E-state index contributed by atoms with van der Waals surface area (Å²) in [6, 6.07) is 15.7. The maximum atomic E-state index is 6.14. The van der Waals surface area contributed by atoms with Crippen molar-refractivity contribution in [2.75, 3.05) is 39.1 Å². The second-order valence-electron chi connectivity index (χ2n) is 6.47. The molecule has 0 saturated carbocycles. The lowest BCUT2D eigenvalue weighted by Gasteiger charge is -2.18. The molecule has 0 unspecified atom stereocenters. The fraction of sp³-hybridized carbons (Fsp3) is 0.318. The van der Waals surface area contributed by atoms with Crippen LogP contribution in [0.1, 0.15) is 13.8 Å². The molecule has 3 aromatic rings. The molecule has 2 aromatic carbocycles. The van der Waals surface area contributed by atoms with Crippen LogP contribution in [0.4, 0.5) is 5.82 Å². The summed E-state index contributed by atoms with van der Waals surface area (Å²) >= 11 is 0. The van der Waals surface area contributed by atoms with E-state index in [9.17, 15) is 0 Å². The van der Waals surface area contributed by atoms with Crippen molar-refractivity contribution < 1.29 is 9.47 Å². The minimum Gasteiger partial charge on any atom is -0.497 e. The first-order valence-electron chi connectivity index (χ1n) is 9.59. The van der Waals surface area contributed by atoms with Gasteiger partial charge in [-0.25, -0.2) is 4.68 Å². The molecule has 0 radical (unpaired) electrons. The van der Waals surface area contributed by atoms with Crippen molar-refractivity contribution in [3.8, 4) is 28.3 Å². The first-order chi connectivity index (χ1) is 13.6. The van der Waals surface area contributed by atoms with Crippen molar-refractivity contribution >= 4 is 5.82 Å². The first kappa shape index (κ1) is 19.8. The Morgan fingerprint density at radius 1 is 0.964 bits per heavy atom. The fourth-order valence-electron chi connectivity index (χ4n) is 3.04. The number of aromatic nitrogens is 2. The molecular formula is C22H28N4O2. The molecule has 2 N–H and O–H groups in total. The molecule has 3 rings (SSSR count). The molecule has 0 atom stereocenters. The van der Waals surface area contributed by atoms with Crippen molar-refractivity contribution in [3.63, 3.8) is 0 Å². The summed E-state index contributed by atoms with van der Waals surface area (Å²) in [4.78, 5) is 2.33. The second-order valence-corrected chi connectivity index (χ2v) is 6.47. The number of hydrogen-bond acceptors (Lipinski definition) is 5. The van der Waals surface area contributed by atoms with Crippen molar-refractivity contribution in [3.05, 3.63) is 54.7 Å². The molecule has 0 saturated heterocycles. The van der Waals surface area contributed by atoms with Gasteiger partial charge in [-0.2, -0.15) is 5.10 Å². The molecule has 0 aliphatic heterocycles. The summed E-state index contributed by atoms with van der Waals surface area (Å²) < 4.78 is 12.8. The van der Waals surface area contributed by atoms with Crippen LogP contribution in [0, 0.1) is 0 Å². The number of benzene rings is 2. The lowest BCUT2D eigenvalue weighted by atomic mass is 10.1. The number of likely N-dealkylation sites (N-methyl/N-ethyl adjacent to an activating group) is 1. The summed E-state index contributed by atoms with van der Waals surface area (Å²) in [5.41, 5.74) is 8.96. The number of nitrogens with zero attached hydrogens (tertiary/aromatic N) is 3. The van der Waals surface area contributed by atoms with Crippen LogP contribution in [0.2, 0.25) is 0 Å². The number of anilines is 1. The summed E-state index contributed by atoms with van der Waals surface area (Å²) in [7, 11) is 1.65. The normalized spacial score (nSPS) is 11.0. The molecule has 0 amide bonds. The smallest absolute Gasteiger partial charge is 0.153 e. The topological polar surface area (TPSA) is 65.5 Å². The SMILES string of the molecule is CCN(CC)CCOc1ccc(-n2cc(-c3ccc(OC)cc3)c(N)n2)cc1. The van der Waals surface area contributed by atoms with Gasteiger partial charge in [0.25, 0.3) is 0 Å². The first-order valence-corrected chi connectivity index (χ1v) is 9.59. The molecule has 148 valence electrons. The zero-order valence-corrected chi connectivity index (χ0v) is 16.8. The van der Waals surface area contributed by atoms with Gasteiger partial charge in [0.1, 0.15) is 18.1 Å². The van der Waals surface area contributed by atoms with Crippen molar-refractivity contribution in [1.82, 2.24) is 14.7 Å². The van der Waals surface area contributed by atoms with E-state index in [1.54, 1.807) is 11.8 Å². The van der Waals surface area contributed by atoms with Crippen molar-refractivity contribution in [1.29, 1.82) is 0 Å². The predicted molar refractivity (Wildman–Crippen MR) is 113 cm³/mol. The lowest BCUT2D eigenvalue weighted by Crippen LogP contribution is -2.27. The fourth-order valence-corrected chi connectivity index (χ4v) is 3.04. The van der Waals surface area contributed by atoms with Gasteiger partial charge in [-0.1, -0.05) is 26.0 Å². The molecule has 0 bridgehead atoms. The third-order valence-corrected chi connectivity index (χ3v) is 4.82. The highest BCUT2D eigenvalue weighted by Crippen LogP contribution is 2.28. The highest BCUT2D eigenvalue weighted by Gasteiger charge is 2.10. The molecule has 0 fully saturated rings. The Bertz CT molecular complexity index is 869. The van der Waals surface area contributed by atoms with E-state index >= 15 is 0 Å². The average molecular weight is 380 g/mol. The van der Waals surface area contributed by atoms with E-state index in [4.69, 9.17) is 15.2 Å². The number of hydrogen-bond donors (Lipinski definition) is 1. The number of rotatable bonds is 9. The number of nitrogen functional groups attached to an aromatic ring is 1. The maximum Gasteiger partial charge on any atom is 0.153 e. The Morgan fingerprint density at radius 2 is 1.61 bits per heavy atom. The predicted octanol–water partition coefficient (Wildman–Crippen LogP) is 3.85. The van der Waals surface area contributed by atoms with E-state index in [0.29, 0.717) is 12.4 Å². The molecule has 0 aliphatic carbocycles. The summed E-state index contributed by atoms with van der Waals surface area (Å²) in [5.74, 6) is 2.16. The van der Waals surface area contributed by atoms with E-state index in [-0.39, 0.29) is 0 Å². The Hall–Kier alpha value is -2.99. The molecule has 1 heterocycles. The van der Waals surface area contributed by atoms with E-state index in [2.05, 4.69) is 23.8 Å². The van der Waals surface area contributed by atoms with Gasteiger partial charge in [0.05, 0.1) is 12.8 Å². The lowest BCUT2D eigenvalue weighted by molar-refractivity contribution is 0.223. The second kappa shape index (κ2) is 9.28. The third-order valence-electron chi connectivity index (χ3n) is 4.82. The zero-order valence-electron chi connectivity index (χ0n) is 16.8. The minimum atomic E-state index is 0.490. The monoisotopic (exact) mass is 380 g/mol. The summed E-state index contributed by atoms with van der Waals surface area (Å²) in [6.45, 7) is 8.00. The van der Waals surface area contributed by atoms with Crippen molar-refractivity contribution in [2.45, 2.75) is 13.8 Å². The highest BCUT2D eigenvalue weighted by atomic mass is 16.5. The van der Waals surface area contributed by atoms with Crippen LogP contribution in [0.3, 0.4) is 0 Å². The third kappa shape index (κ3) is 4.64. The van der Waals surface area contributed by atoms with Gasteiger partial charge in [-0.3, -0.25) is 0 Å². The van der Waals surface area contributed by atoms with E-state index in [1.807, 2.05) is 54.7 Å². The summed E-state index contributed by atoms with van der Waals surface area (Å²) in [6.07, 6.45) is 1.94. The maximum absolute atomic E-state index is 6.14. The zero-order chi connectivity index (χ0) is 19.9. The van der Waals surface area contributed by atoms with Gasteiger partial charge in [-0.05, 0) is 55.1 Å². The Balaban J connectivity index is 1.68. The molecular weight excluding hydrogens is 352 g/mol. The molecule has 6 heteroatoms. The van der Waals surface area contributed by atoms with Crippen LogP contribution in [0.25, 0.3) is 16.8 Å². The van der Waals surface area contributed by atoms with Gasteiger partial charge < -0.3 is 20.1 Å². The quantitative estimate of drug-likeness (QED) is 0.611. The van der Waals surface area contributed by atoms with E-state index in [1.165, 1.54) is 0 Å².